The van der Waals surface area contributed by atoms with Crippen molar-refractivity contribution in [3.8, 4) is 11.5 Å². The lowest BCUT2D eigenvalue weighted by atomic mass is 10.1. The van der Waals surface area contributed by atoms with E-state index in [4.69, 9.17) is 16.0 Å². The SMILES string of the molecule is CN(C)CCCCNc1ccc2nc(-c3ccc(Cl)cc3)oc2c1C(=O)C=O. The van der Waals surface area contributed by atoms with Gasteiger partial charge in [-0.15, -0.1) is 0 Å². The zero-order valence-corrected chi connectivity index (χ0v) is 16.6. The number of aldehydes is 1. The van der Waals surface area contributed by atoms with E-state index in [-0.39, 0.29) is 5.56 Å². The molecule has 3 aromatic rings. The first-order chi connectivity index (χ1) is 13.5. The number of rotatable bonds is 9. The molecule has 0 aliphatic carbocycles. The molecule has 0 spiro atoms. The van der Waals surface area contributed by atoms with Crippen molar-refractivity contribution in [1.29, 1.82) is 0 Å². The largest absolute Gasteiger partial charge is 0.435 e. The minimum Gasteiger partial charge on any atom is -0.435 e. The Bertz CT molecular complexity index is 980. The fourth-order valence-electron chi connectivity index (χ4n) is 2.93. The summed E-state index contributed by atoms with van der Waals surface area (Å²) in [6, 6.07) is 10.6. The van der Waals surface area contributed by atoms with Gasteiger partial charge in [0.2, 0.25) is 11.7 Å². The Morgan fingerprint density at radius 2 is 1.93 bits per heavy atom. The third-order valence-corrected chi connectivity index (χ3v) is 4.60. The number of aromatic nitrogens is 1. The lowest BCUT2D eigenvalue weighted by Crippen LogP contribution is -2.15. The van der Waals surface area contributed by atoms with Crippen molar-refractivity contribution >= 4 is 40.5 Å². The fraction of sp³-hybridized carbons (Fsp3) is 0.286. The summed E-state index contributed by atoms with van der Waals surface area (Å²) in [5.74, 6) is -0.269. The van der Waals surface area contributed by atoms with Crippen molar-refractivity contribution in [2.45, 2.75) is 12.8 Å². The van der Waals surface area contributed by atoms with Crippen LogP contribution in [0.2, 0.25) is 5.02 Å². The maximum absolute atomic E-state index is 12.3. The molecule has 1 heterocycles. The number of ketones is 1. The molecule has 1 aromatic heterocycles. The number of Topliss-reactive ketones (excluding diaryl/α,β-unsaturated/α-hetero) is 1. The number of unbranched alkanes of at least 4 members (excludes halogenated alkanes) is 1. The molecule has 146 valence electrons. The molecule has 0 unspecified atom stereocenters. The number of benzene rings is 2. The smallest absolute Gasteiger partial charge is 0.231 e. The first-order valence-corrected chi connectivity index (χ1v) is 9.45. The summed E-state index contributed by atoms with van der Waals surface area (Å²) >= 11 is 5.93. The van der Waals surface area contributed by atoms with Gasteiger partial charge in [0.15, 0.2) is 11.9 Å². The third kappa shape index (κ3) is 4.58. The zero-order valence-electron chi connectivity index (χ0n) is 15.9. The van der Waals surface area contributed by atoms with Crippen molar-refractivity contribution in [3.05, 3.63) is 47.0 Å². The molecule has 0 saturated heterocycles. The average Bonchev–Trinajstić information content (AvgIpc) is 3.11. The maximum Gasteiger partial charge on any atom is 0.231 e. The van der Waals surface area contributed by atoms with Gasteiger partial charge in [0.25, 0.3) is 0 Å². The standard InChI is InChI=1S/C21H22ClN3O3/c1-25(2)12-4-3-11-23-16-9-10-17-20(19(16)18(27)13-26)28-21(24-17)14-5-7-15(22)8-6-14/h5-10,13,23H,3-4,11-12H2,1-2H3. The van der Waals surface area contributed by atoms with E-state index in [2.05, 4.69) is 15.2 Å². The molecule has 6 nitrogen and oxygen atoms in total. The van der Waals surface area contributed by atoms with Crippen LogP contribution in [0.5, 0.6) is 0 Å². The third-order valence-electron chi connectivity index (χ3n) is 4.35. The molecule has 2 aromatic carbocycles. The van der Waals surface area contributed by atoms with E-state index >= 15 is 0 Å². The van der Waals surface area contributed by atoms with E-state index in [0.29, 0.717) is 40.5 Å². The molecule has 0 radical (unpaired) electrons. The quantitative estimate of drug-likeness (QED) is 0.250. The van der Waals surface area contributed by atoms with Gasteiger partial charge in [-0.05, 0) is 69.9 Å². The predicted molar refractivity (Wildman–Crippen MR) is 111 cm³/mol. The van der Waals surface area contributed by atoms with Crippen molar-refractivity contribution in [2.75, 3.05) is 32.5 Å². The van der Waals surface area contributed by atoms with Crippen molar-refractivity contribution < 1.29 is 14.0 Å². The molecule has 0 fully saturated rings. The summed E-state index contributed by atoms with van der Waals surface area (Å²) in [4.78, 5) is 30.1. The molecule has 0 atom stereocenters. The van der Waals surface area contributed by atoms with Gasteiger partial charge in [0.1, 0.15) is 5.52 Å². The van der Waals surface area contributed by atoms with Crippen LogP contribution in [0, 0.1) is 0 Å². The topological polar surface area (TPSA) is 75.4 Å². The number of nitrogens with zero attached hydrogens (tertiary/aromatic N) is 2. The van der Waals surface area contributed by atoms with Gasteiger partial charge in [-0.3, -0.25) is 9.59 Å². The fourth-order valence-corrected chi connectivity index (χ4v) is 3.06. The second-order valence-electron chi connectivity index (χ2n) is 6.78. The minimum atomic E-state index is -0.639. The van der Waals surface area contributed by atoms with Gasteiger partial charge in [-0.2, -0.15) is 0 Å². The summed E-state index contributed by atoms with van der Waals surface area (Å²) in [7, 11) is 4.06. The number of anilines is 1. The van der Waals surface area contributed by atoms with E-state index in [9.17, 15) is 9.59 Å². The predicted octanol–water partition coefficient (Wildman–Crippen LogP) is 4.28. The Morgan fingerprint density at radius 1 is 1.18 bits per heavy atom. The van der Waals surface area contributed by atoms with Gasteiger partial charge >= 0.3 is 0 Å². The minimum absolute atomic E-state index is 0.216. The van der Waals surface area contributed by atoms with E-state index in [1.54, 1.807) is 36.4 Å². The summed E-state index contributed by atoms with van der Waals surface area (Å²) in [5.41, 5.74) is 2.36. The molecular weight excluding hydrogens is 378 g/mol. The normalized spacial score (nSPS) is 11.1. The maximum atomic E-state index is 12.3. The van der Waals surface area contributed by atoms with Crippen LogP contribution in [0.1, 0.15) is 23.2 Å². The Kier molecular flexibility index (Phi) is 6.44. The van der Waals surface area contributed by atoms with E-state index < -0.39 is 5.78 Å². The van der Waals surface area contributed by atoms with Gasteiger partial charge in [-0.1, -0.05) is 11.6 Å². The Labute approximate surface area is 168 Å². The molecule has 0 bridgehead atoms. The molecule has 1 N–H and O–H groups in total. The lowest BCUT2D eigenvalue weighted by molar-refractivity contribution is -0.104. The number of oxazole rings is 1. The summed E-state index contributed by atoms with van der Waals surface area (Å²) in [5, 5.41) is 3.86. The zero-order chi connectivity index (χ0) is 20.1. The molecule has 7 heteroatoms. The number of hydrogen-bond acceptors (Lipinski definition) is 6. The highest BCUT2D eigenvalue weighted by Crippen LogP contribution is 2.31. The van der Waals surface area contributed by atoms with Crippen LogP contribution >= 0.6 is 11.6 Å². The monoisotopic (exact) mass is 399 g/mol. The highest BCUT2D eigenvalue weighted by Gasteiger charge is 2.20. The highest BCUT2D eigenvalue weighted by molar-refractivity contribution is 6.37. The Morgan fingerprint density at radius 3 is 2.61 bits per heavy atom. The van der Waals surface area contributed by atoms with E-state index in [1.807, 2.05) is 14.1 Å². The average molecular weight is 400 g/mol. The van der Waals surface area contributed by atoms with Crippen molar-refractivity contribution in [2.24, 2.45) is 0 Å². The number of carbonyl (C=O) groups is 2. The summed E-state index contributed by atoms with van der Waals surface area (Å²) in [6.45, 7) is 1.68. The van der Waals surface area contributed by atoms with Crippen LogP contribution < -0.4 is 5.32 Å². The van der Waals surface area contributed by atoms with Crippen LogP contribution in [0.15, 0.2) is 40.8 Å². The van der Waals surface area contributed by atoms with Crippen LogP contribution in [0.25, 0.3) is 22.6 Å². The molecular formula is C21H22ClN3O3. The second-order valence-corrected chi connectivity index (χ2v) is 7.22. The molecule has 0 aliphatic heterocycles. The van der Waals surface area contributed by atoms with Crippen molar-refractivity contribution in [3.63, 3.8) is 0 Å². The molecule has 3 rings (SSSR count). The highest BCUT2D eigenvalue weighted by atomic mass is 35.5. The first kappa shape index (κ1) is 20.0. The van der Waals surface area contributed by atoms with Gasteiger partial charge in [-0.25, -0.2) is 4.98 Å². The summed E-state index contributed by atoms with van der Waals surface area (Å²) in [6.07, 6.45) is 2.27. The molecule has 0 aliphatic rings. The molecule has 0 saturated carbocycles. The van der Waals surface area contributed by atoms with Gasteiger partial charge < -0.3 is 14.6 Å². The number of hydrogen-bond donors (Lipinski definition) is 1. The number of fused-ring (bicyclic) bond motifs is 1. The summed E-state index contributed by atoms with van der Waals surface area (Å²) < 4.78 is 5.87. The Hall–Kier alpha value is -2.70. The lowest BCUT2D eigenvalue weighted by Gasteiger charge is -2.11. The number of carbonyl (C=O) groups excluding carboxylic acids is 2. The first-order valence-electron chi connectivity index (χ1n) is 9.07. The van der Waals surface area contributed by atoms with Crippen LogP contribution in [-0.4, -0.2) is 49.1 Å². The Balaban J connectivity index is 1.90. The number of halogens is 1. The van der Waals surface area contributed by atoms with Crippen LogP contribution in [-0.2, 0) is 4.79 Å². The van der Waals surface area contributed by atoms with Crippen LogP contribution in [0.3, 0.4) is 0 Å². The second kappa shape index (κ2) is 8.99. The molecule has 28 heavy (non-hydrogen) atoms. The van der Waals surface area contributed by atoms with Gasteiger partial charge in [0, 0.05) is 22.8 Å². The van der Waals surface area contributed by atoms with Gasteiger partial charge in [0.05, 0.1) is 5.56 Å². The van der Waals surface area contributed by atoms with Crippen molar-refractivity contribution in [1.82, 2.24) is 9.88 Å². The number of nitrogens with one attached hydrogen (secondary N) is 1. The molecule has 0 amide bonds. The van der Waals surface area contributed by atoms with E-state index in [0.717, 1.165) is 24.9 Å². The van der Waals surface area contributed by atoms with Crippen LogP contribution in [0.4, 0.5) is 5.69 Å². The van der Waals surface area contributed by atoms with E-state index in [1.165, 1.54) is 0 Å².